The fraction of sp³-hybridized carbons (Fsp3) is 0.529. The van der Waals surface area contributed by atoms with Crippen molar-refractivity contribution >= 4 is 31.9 Å². The van der Waals surface area contributed by atoms with E-state index in [4.69, 9.17) is 0 Å². The van der Waals surface area contributed by atoms with Gasteiger partial charge in [0.2, 0.25) is 0 Å². The van der Waals surface area contributed by atoms with E-state index in [1.54, 1.807) is 0 Å². The molecule has 1 aliphatic carbocycles. The summed E-state index contributed by atoms with van der Waals surface area (Å²) in [6.07, 6.45) is 10.8. The number of benzene rings is 1. The fourth-order valence-corrected chi connectivity index (χ4v) is 3.62. The van der Waals surface area contributed by atoms with Gasteiger partial charge in [-0.05, 0) is 68.2 Å². The van der Waals surface area contributed by atoms with Gasteiger partial charge in [-0.25, -0.2) is 0 Å². The second-order valence-electron chi connectivity index (χ2n) is 5.57. The Bertz CT molecular complexity index is 399. The highest BCUT2D eigenvalue weighted by Crippen LogP contribution is 2.32. The molecule has 0 saturated heterocycles. The number of halogens is 2. The Kier molecular flexibility index (Phi) is 6.66. The SMILES string of the molecule is BrC(Br)=C(CCC1CCCCC1)Cc1ccccc1. The molecule has 0 N–H and O–H groups in total. The molecule has 0 aromatic heterocycles. The molecule has 1 saturated carbocycles. The van der Waals surface area contributed by atoms with Crippen LogP contribution in [0.5, 0.6) is 0 Å². The zero-order chi connectivity index (χ0) is 13.5. The zero-order valence-electron chi connectivity index (χ0n) is 11.4. The van der Waals surface area contributed by atoms with Crippen LogP contribution in [0.4, 0.5) is 0 Å². The van der Waals surface area contributed by atoms with E-state index in [2.05, 4.69) is 62.2 Å². The average Bonchev–Trinajstić information content (AvgIpc) is 2.45. The van der Waals surface area contributed by atoms with Crippen LogP contribution < -0.4 is 0 Å². The van der Waals surface area contributed by atoms with Crippen LogP contribution in [0.2, 0.25) is 0 Å². The van der Waals surface area contributed by atoms with Gasteiger partial charge in [-0.1, -0.05) is 62.4 Å². The van der Waals surface area contributed by atoms with E-state index >= 15 is 0 Å². The van der Waals surface area contributed by atoms with Crippen molar-refractivity contribution in [3.05, 3.63) is 44.9 Å². The van der Waals surface area contributed by atoms with Crippen LogP contribution in [0.25, 0.3) is 0 Å². The first-order valence-electron chi connectivity index (χ1n) is 7.32. The molecule has 0 atom stereocenters. The van der Waals surface area contributed by atoms with Crippen LogP contribution in [0, 0.1) is 5.92 Å². The van der Waals surface area contributed by atoms with E-state index in [-0.39, 0.29) is 0 Å². The molecular weight excluding hydrogens is 364 g/mol. The van der Waals surface area contributed by atoms with Crippen LogP contribution in [-0.2, 0) is 6.42 Å². The van der Waals surface area contributed by atoms with Gasteiger partial charge in [-0.2, -0.15) is 0 Å². The molecule has 1 aromatic carbocycles. The largest absolute Gasteiger partial charge is 0.0622 e. The van der Waals surface area contributed by atoms with Crippen LogP contribution in [0.3, 0.4) is 0 Å². The molecule has 19 heavy (non-hydrogen) atoms. The predicted molar refractivity (Wildman–Crippen MR) is 90.8 cm³/mol. The molecule has 1 aromatic rings. The zero-order valence-corrected chi connectivity index (χ0v) is 14.5. The minimum atomic E-state index is 0.957. The second kappa shape index (κ2) is 8.26. The summed E-state index contributed by atoms with van der Waals surface area (Å²) in [5.41, 5.74) is 2.90. The van der Waals surface area contributed by atoms with E-state index in [0.717, 1.165) is 15.7 Å². The molecule has 1 aliphatic rings. The van der Waals surface area contributed by atoms with Gasteiger partial charge < -0.3 is 0 Å². The molecular formula is C17H22Br2. The lowest BCUT2D eigenvalue weighted by Gasteiger charge is -2.22. The summed E-state index contributed by atoms with van der Waals surface area (Å²) in [6, 6.07) is 10.7. The topological polar surface area (TPSA) is 0 Å². The molecule has 2 rings (SSSR count). The third-order valence-electron chi connectivity index (χ3n) is 4.11. The van der Waals surface area contributed by atoms with E-state index in [0.29, 0.717) is 0 Å². The van der Waals surface area contributed by atoms with Crippen molar-refractivity contribution in [2.24, 2.45) is 5.92 Å². The van der Waals surface area contributed by atoms with Gasteiger partial charge in [0.15, 0.2) is 0 Å². The van der Waals surface area contributed by atoms with Crippen LogP contribution in [0.15, 0.2) is 39.3 Å². The van der Waals surface area contributed by atoms with Crippen molar-refractivity contribution in [1.82, 2.24) is 0 Å². The number of hydrogen-bond acceptors (Lipinski definition) is 0. The minimum Gasteiger partial charge on any atom is -0.0622 e. The van der Waals surface area contributed by atoms with Crippen molar-refractivity contribution in [3.63, 3.8) is 0 Å². The Balaban J connectivity index is 1.88. The molecule has 0 bridgehead atoms. The third-order valence-corrected chi connectivity index (χ3v) is 5.23. The normalized spacial score (nSPS) is 16.3. The molecule has 0 spiro atoms. The van der Waals surface area contributed by atoms with Crippen LogP contribution in [0.1, 0.15) is 50.5 Å². The summed E-state index contributed by atoms with van der Waals surface area (Å²) < 4.78 is 1.15. The van der Waals surface area contributed by atoms with Gasteiger partial charge >= 0.3 is 0 Å². The maximum atomic E-state index is 3.62. The molecule has 0 unspecified atom stereocenters. The first-order chi connectivity index (χ1) is 9.25. The Morgan fingerprint density at radius 1 is 1.00 bits per heavy atom. The van der Waals surface area contributed by atoms with Gasteiger partial charge in [0.1, 0.15) is 0 Å². The number of hydrogen-bond donors (Lipinski definition) is 0. The summed E-state index contributed by atoms with van der Waals surface area (Å²) in [7, 11) is 0. The maximum absolute atomic E-state index is 3.62. The third kappa shape index (κ3) is 5.43. The molecule has 0 aliphatic heterocycles. The number of allylic oxidation sites excluding steroid dienone is 1. The Morgan fingerprint density at radius 2 is 1.68 bits per heavy atom. The Labute approximate surface area is 133 Å². The van der Waals surface area contributed by atoms with Crippen molar-refractivity contribution in [1.29, 1.82) is 0 Å². The molecule has 104 valence electrons. The van der Waals surface area contributed by atoms with E-state index in [1.807, 2.05) is 0 Å². The van der Waals surface area contributed by atoms with Crippen molar-refractivity contribution in [2.45, 2.75) is 51.4 Å². The smallest absolute Gasteiger partial charge is 0.0599 e. The lowest BCUT2D eigenvalue weighted by atomic mass is 9.85. The summed E-state index contributed by atoms with van der Waals surface area (Å²) in [5, 5.41) is 0. The van der Waals surface area contributed by atoms with Gasteiger partial charge in [-0.3, -0.25) is 0 Å². The van der Waals surface area contributed by atoms with Crippen molar-refractivity contribution in [2.75, 3.05) is 0 Å². The second-order valence-corrected chi connectivity index (χ2v) is 8.22. The maximum Gasteiger partial charge on any atom is 0.0599 e. The van der Waals surface area contributed by atoms with E-state index < -0.39 is 0 Å². The first kappa shape index (κ1) is 15.3. The van der Waals surface area contributed by atoms with Gasteiger partial charge in [0.25, 0.3) is 0 Å². The molecule has 2 heteroatoms. The quantitative estimate of drug-likeness (QED) is 0.536. The lowest BCUT2D eigenvalue weighted by Crippen LogP contribution is -2.07. The molecule has 0 heterocycles. The highest BCUT2D eigenvalue weighted by Gasteiger charge is 2.14. The summed E-state index contributed by atoms with van der Waals surface area (Å²) in [6.45, 7) is 0. The van der Waals surface area contributed by atoms with Crippen LogP contribution in [-0.4, -0.2) is 0 Å². The molecule has 0 radical (unpaired) electrons. The van der Waals surface area contributed by atoms with Gasteiger partial charge in [-0.15, -0.1) is 0 Å². The van der Waals surface area contributed by atoms with E-state index in [1.165, 1.54) is 56.1 Å². The predicted octanol–water partition coefficient (Wildman–Crippen LogP) is 6.59. The summed E-state index contributed by atoms with van der Waals surface area (Å²) >= 11 is 7.24. The van der Waals surface area contributed by atoms with Gasteiger partial charge in [0, 0.05) is 0 Å². The summed E-state index contributed by atoms with van der Waals surface area (Å²) in [5.74, 6) is 0.957. The van der Waals surface area contributed by atoms with Crippen LogP contribution >= 0.6 is 31.9 Å². The van der Waals surface area contributed by atoms with Crippen molar-refractivity contribution in [3.8, 4) is 0 Å². The Morgan fingerprint density at radius 3 is 2.32 bits per heavy atom. The van der Waals surface area contributed by atoms with Crippen molar-refractivity contribution < 1.29 is 0 Å². The summed E-state index contributed by atoms with van der Waals surface area (Å²) in [4.78, 5) is 0. The molecule has 0 nitrogen and oxygen atoms in total. The Hall–Kier alpha value is -0.0800. The monoisotopic (exact) mass is 384 g/mol. The minimum absolute atomic E-state index is 0.957. The standard InChI is InChI=1S/C17H22Br2/c18-17(19)16(13-15-9-5-2-6-10-15)12-11-14-7-3-1-4-8-14/h2,5-6,9-10,14H,1,3-4,7-8,11-13H2. The molecule has 0 amide bonds. The first-order valence-corrected chi connectivity index (χ1v) is 8.91. The number of rotatable bonds is 5. The average molecular weight is 386 g/mol. The lowest BCUT2D eigenvalue weighted by molar-refractivity contribution is 0.338. The molecule has 1 fully saturated rings. The highest BCUT2D eigenvalue weighted by molar-refractivity contribution is 9.28. The van der Waals surface area contributed by atoms with E-state index in [9.17, 15) is 0 Å². The van der Waals surface area contributed by atoms with Gasteiger partial charge in [0.05, 0.1) is 3.39 Å². The highest BCUT2D eigenvalue weighted by atomic mass is 79.9. The fourth-order valence-electron chi connectivity index (χ4n) is 2.95.